The average Bonchev–Trinajstić information content (AvgIpc) is 3.08. The molecule has 1 aliphatic rings. The van der Waals surface area contributed by atoms with E-state index in [4.69, 9.17) is 11.6 Å². The number of aromatic nitrogens is 2. The number of hydrogen-bond donors (Lipinski definition) is 1. The Balaban J connectivity index is 1.93. The molecule has 0 spiro atoms. The van der Waals surface area contributed by atoms with Crippen molar-refractivity contribution in [3.05, 3.63) is 18.1 Å². The van der Waals surface area contributed by atoms with E-state index in [9.17, 15) is 0 Å². The van der Waals surface area contributed by atoms with Crippen molar-refractivity contribution in [2.75, 3.05) is 17.7 Å². The summed E-state index contributed by atoms with van der Waals surface area (Å²) in [5.74, 6) is 2.13. The summed E-state index contributed by atoms with van der Waals surface area (Å²) in [6.07, 6.45) is 5.31. The first kappa shape index (κ1) is 12.6. The van der Waals surface area contributed by atoms with Crippen LogP contribution in [0.25, 0.3) is 0 Å². The number of rotatable bonds is 6. The molecule has 17 heavy (non-hydrogen) atoms. The maximum Gasteiger partial charge on any atom is 0.129 e. The Morgan fingerprint density at radius 3 is 2.76 bits per heavy atom. The average molecular weight is 254 g/mol. The third kappa shape index (κ3) is 3.32. The second-order valence-corrected chi connectivity index (χ2v) is 5.65. The van der Waals surface area contributed by atoms with E-state index >= 15 is 0 Å². The second kappa shape index (κ2) is 5.21. The minimum absolute atomic E-state index is 0.435. The van der Waals surface area contributed by atoms with Gasteiger partial charge in [0.2, 0.25) is 0 Å². The van der Waals surface area contributed by atoms with Crippen LogP contribution in [-0.2, 0) is 0 Å². The Morgan fingerprint density at radius 1 is 1.41 bits per heavy atom. The van der Waals surface area contributed by atoms with Crippen LogP contribution in [0.5, 0.6) is 0 Å². The minimum Gasteiger partial charge on any atom is -0.369 e. The van der Waals surface area contributed by atoms with E-state index in [0.717, 1.165) is 30.4 Å². The van der Waals surface area contributed by atoms with E-state index in [0.29, 0.717) is 11.3 Å². The van der Waals surface area contributed by atoms with Gasteiger partial charge in [-0.2, -0.15) is 0 Å². The second-order valence-electron chi connectivity index (χ2n) is 5.28. The third-order valence-electron chi connectivity index (χ3n) is 3.51. The molecule has 0 amide bonds. The lowest BCUT2D eigenvalue weighted by atomic mass is 10.0. The largest absolute Gasteiger partial charge is 0.369 e. The number of anilines is 1. The predicted octanol–water partition coefficient (Wildman–Crippen LogP) is 3.42. The van der Waals surface area contributed by atoms with Gasteiger partial charge in [0, 0.05) is 24.2 Å². The summed E-state index contributed by atoms with van der Waals surface area (Å²) >= 11 is 5.82. The van der Waals surface area contributed by atoms with Crippen molar-refractivity contribution in [2.45, 2.75) is 39.0 Å². The van der Waals surface area contributed by atoms with E-state index in [1.54, 1.807) is 6.33 Å². The van der Waals surface area contributed by atoms with Gasteiger partial charge in [-0.25, -0.2) is 9.97 Å². The van der Waals surface area contributed by atoms with E-state index in [1.807, 2.05) is 6.07 Å². The Morgan fingerprint density at radius 2 is 2.18 bits per heavy atom. The lowest BCUT2D eigenvalue weighted by molar-refractivity contribution is 0.524. The summed E-state index contributed by atoms with van der Waals surface area (Å²) in [7, 11) is 0. The number of nitrogens with zero attached hydrogens (tertiary/aromatic N) is 2. The van der Waals surface area contributed by atoms with Crippen molar-refractivity contribution >= 4 is 17.4 Å². The molecule has 0 saturated heterocycles. The van der Waals surface area contributed by atoms with Crippen LogP contribution in [0.2, 0.25) is 0 Å². The minimum atomic E-state index is 0.435. The highest BCUT2D eigenvalue weighted by Crippen LogP contribution is 2.48. The fourth-order valence-electron chi connectivity index (χ4n) is 1.96. The van der Waals surface area contributed by atoms with Crippen LogP contribution in [-0.4, -0.2) is 22.4 Å². The van der Waals surface area contributed by atoms with Gasteiger partial charge in [-0.05, 0) is 30.6 Å². The van der Waals surface area contributed by atoms with Gasteiger partial charge >= 0.3 is 0 Å². The number of alkyl halides is 1. The third-order valence-corrected chi connectivity index (χ3v) is 3.70. The molecule has 0 radical (unpaired) electrons. The van der Waals surface area contributed by atoms with Gasteiger partial charge in [0.25, 0.3) is 0 Å². The molecule has 1 aromatic rings. The van der Waals surface area contributed by atoms with Gasteiger partial charge in [0.05, 0.1) is 0 Å². The molecular weight excluding hydrogens is 234 g/mol. The monoisotopic (exact) mass is 253 g/mol. The Hall–Kier alpha value is -0.830. The fraction of sp³-hybridized carbons (Fsp3) is 0.692. The summed E-state index contributed by atoms with van der Waals surface area (Å²) in [5.41, 5.74) is 1.52. The van der Waals surface area contributed by atoms with Gasteiger partial charge in [-0.3, -0.25) is 0 Å². The Kier molecular flexibility index (Phi) is 3.87. The maximum atomic E-state index is 5.82. The fourth-order valence-corrected chi connectivity index (χ4v) is 2.36. The van der Waals surface area contributed by atoms with E-state index in [2.05, 4.69) is 29.1 Å². The molecule has 0 unspecified atom stereocenters. The molecule has 1 heterocycles. The molecule has 0 atom stereocenters. The van der Waals surface area contributed by atoms with Crippen LogP contribution in [0.3, 0.4) is 0 Å². The maximum absolute atomic E-state index is 5.82. The van der Waals surface area contributed by atoms with E-state index < -0.39 is 0 Å². The first-order chi connectivity index (χ1) is 8.15. The molecule has 0 aromatic carbocycles. The van der Waals surface area contributed by atoms with Gasteiger partial charge < -0.3 is 5.32 Å². The molecule has 4 heteroatoms. The molecule has 0 bridgehead atoms. The molecule has 1 aromatic heterocycles. The van der Waals surface area contributed by atoms with Gasteiger partial charge in [-0.1, -0.05) is 13.8 Å². The summed E-state index contributed by atoms with van der Waals surface area (Å²) in [6.45, 7) is 5.26. The van der Waals surface area contributed by atoms with E-state index in [1.165, 1.54) is 12.8 Å². The van der Waals surface area contributed by atoms with Crippen LogP contribution in [0.15, 0.2) is 12.4 Å². The zero-order chi connectivity index (χ0) is 12.3. The quantitative estimate of drug-likeness (QED) is 0.790. The van der Waals surface area contributed by atoms with Crippen LogP contribution in [0.1, 0.15) is 44.7 Å². The SMILES string of the molecule is CC(C)c1cc(NCC2(CCCl)CC2)ncn1. The first-order valence-electron chi connectivity index (χ1n) is 6.27. The molecule has 1 saturated carbocycles. The summed E-state index contributed by atoms with van der Waals surface area (Å²) < 4.78 is 0. The number of nitrogens with one attached hydrogen (secondary N) is 1. The zero-order valence-corrected chi connectivity index (χ0v) is 11.3. The van der Waals surface area contributed by atoms with Crippen molar-refractivity contribution in [3.8, 4) is 0 Å². The lowest BCUT2D eigenvalue weighted by Gasteiger charge is -2.15. The van der Waals surface area contributed by atoms with Gasteiger partial charge in [0.1, 0.15) is 12.1 Å². The zero-order valence-electron chi connectivity index (χ0n) is 10.5. The van der Waals surface area contributed by atoms with Crippen LogP contribution >= 0.6 is 11.6 Å². The van der Waals surface area contributed by atoms with E-state index in [-0.39, 0.29) is 0 Å². The highest BCUT2D eigenvalue weighted by Gasteiger charge is 2.41. The summed E-state index contributed by atoms with van der Waals surface area (Å²) in [5, 5.41) is 3.42. The summed E-state index contributed by atoms with van der Waals surface area (Å²) in [6, 6.07) is 2.04. The van der Waals surface area contributed by atoms with Crippen LogP contribution in [0, 0.1) is 5.41 Å². The number of halogens is 1. The lowest BCUT2D eigenvalue weighted by Crippen LogP contribution is -2.17. The highest BCUT2D eigenvalue weighted by atomic mass is 35.5. The standard InChI is InChI=1S/C13H20ClN3/c1-10(2)11-7-12(17-9-16-11)15-8-13(3-4-13)5-6-14/h7,9-10H,3-6,8H2,1-2H3,(H,15,16,17). The molecule has 0 aliphatic heterocycles. The molecule has 94 valence electrons. The summed E-state index contributed by atoms with van der Waals surface area (Å²) in [4.78, 5) is 8.52. The Bertz CT molecular complexity index is 375. The predicted molar refractivity (Wildman–Crippen MR) is 71.6 cm³/mol. The van der Waals surface area contributed by atoms with Crippen molar-refractivity contribution in [2.24, 2.45) is 5.41 Å². The first-order valence-corrected chi connectivity index (χ1v) is 6.80. The van der Waals surface area contributed by atoms with Crippen molar-refractivity contribution in [1.29, 1.82) is 0 Å². The number of hydrogen-bond acceptors (Lipinski definition) is 3. The normalized spacial score (nSPS) is 17.2. The van der Waals surface area contributed by atoms with Gasteiger partial charge in [0.15, 0.2) is 0 Å². The van der Waals surface area contributed by atoms with Crippen LogP contribution in [0.4, 0.5) is 5.82 Å². The Labute approximate surface area is 108 Å². The van der Waals surface area contributed by atoms with Gasteiger partial charge in [-0.15, -0.1) is 11.6 Å². The van der Waals surface area contributed by atoms with Crippen molar-refractivity contribution in [3.63, 3.8) is 0 Å². The van der Waals surface area contributed by atoms with Crippen molar-refractivity contribution < 1.29 is 0 Å². The molecule has 1 aliphatic carbocycles. The topological polar surface area (TPSA) is 37.8 Å². The van der Waals surface area contributed by atoms with Crippen molar-refractivity contribution in [1.82, 2.24) is 9.97 Å². The molecule has 1 fully saturated rings. The highest BCUT2D eigenvalue weighted by molar-refractivity contribution is 6.17. The molecule has 1 N–H and O–H groups in total. The molecular formula is C13H20ClN3. The van der Waals surface area contributed by atoms with Crippen LogP contribution < -0.4 is 5.32 Å². The molecule has 3 nitrogen and oxygen atoms in total. The smallest absolute Gasteiger partial charge is 0.129 e. The molecule has 2 rings (SSSR count).